The van der Waals surface area contributed by atoms with Gasteiger partial charge in [-0.05, 0) is 6.92 Å². The lowest BCUT2D eigenvalue weighted by atomic mass is 9.93. The quantitative estimate of drug-likeness (QED) is 0.660. The van der Waals surface area contributed by atoms with Gasteiger partial charge in [-0.15, -0.1) is 0 Å². The van der Waals surface area contributed by atoms with Crippen LogP contribution in [0.15, 0.2) is 0 Å². The summed E-state index contributed by atoms with van der Waals surface area (Å²) >= 11 is 0. The molecule has 3 nitrogen and oxygen atoms in total. The fourth-order valence-electron chi connectivity index (χ4n) is 1.58. The van der Waals surface area contributed by atoms with Crippen LogP contribution >= 0.6 is 0 Å². The molecule has 1 fully saturated rings. The third-order valence-electron chi connectivity index (χ3n) is 2.35. The molecule has 0 radical (unpaired) electrons. The van der Waals surface area contributed by atoms with Gasteiger partial charge in [0.05, 0.1) is 0 Å². The van der Waals surface area contributed by atoms with Gasteiger partial charge in [0.15, 0.2) is 5.79 Å². The second-order valence-corrected chi connectivity index (χ2v) is 3.09. The Morgan fingerprint density at radius 3 is 2.14 bits per heavy atom. The van der Waals surface area contributed by atoms with E-state index < -0.39 is 5.79 Å². The van der Waals surface area contributed by atoms with Crippen molar-refractivity contribution in [3.8, 4) is 0 Å². The molecule has 0 bridgehead atoms. The van der Waals surface area contributed by atoms with Crippen molar-refractivity contribution in [2.24, 2.45) is 0 Å². The number of carbonyl (C=O) groups excluding carboxylic acids is 1. The van der Waals surface area contributed by atoms with E-state index in [0.717, 1.165) is 0 Å². The second-order valence-electron chi connectivity index (χ2n) is 3.09. The van der Waals surface area contributed by atoms with Gasteiger partial charge in [-0.1, -0.05) is 13.8 Å². The number of Topliss-reactive ketones (excluding diaryl/α,β-unsaturated/α-hetero) is 1. The summed E-state index contributed by atoms with van der Waals surface area (Å²) in [4.78, 5) is 11.0. The van der Waals surface area contributed by atoms with Crippen molar-refractivity contribution < 1.29 is 14.3 Å². The largest absolute Gasteiger partial charge is 0.353 e. The first-order valence-electron chi connectivity index (χ1n) is 5.43. The van der Waals surface area contributed by atoms with Gasteiger partial charge >= 0.3 is 0 Å². The Labute approximate surface area is 86.8 Å². The zero-order valence-electron chi connectivity index (χ0n) is 9.76. The van der Waals surface area contributed by atoms with Crippen molar-refractivity contribution in [2.75, 3.05) is 13.7 Å². The highest BCUT2D eigenvalue weighted by molar-refractivity contribution is 5.79. The van der Waals surface area contributed by atoms with Crippen molar-refractivity contribution in [1.82, 2.24) is 0 Å². The van der Waals surface area contributed by atoms with E-state index >= 15 is 0 Å². The van der Waals surface area contributed by atoms with Gasteiger partial charge in [0, 0.05) is 39.4 Å². The third-order valence-corrected chi connectivity index (χ3v) is 2.35. The summed E-state index contributed by atoms with van der Waals surface area (Å²) in [7, 11) is 1.64. The highest BCUT2D eigenvalue weighted by atomic mass is 16.7. The molecule has 0 aromatic carbocycles. The average Bonchev–Trinajstić information content (AvgIpc) is 2.25. The standard InChI is InChI=1S/C9H16O3.C2H6/c1-3-12-9(11-2)6-4-8(10)5-7-9;1-2/h3-7H2,1-2H3;1-2H3. The molecule has 0 aromatic heterocycles. The third kappa shape index (κ3) is 3.76. The van der Waals surface area contributed by atoms with Crippen molar-refractivity contribution in [2.45, 2.75) is 52.2 Å². The normalized spacial score (nSPS) is 19.9. The summed E-state index contributed by atoms with van der Waals surface area (Å²) in [6.45, 7) is 6.58. The van der Waals surface area contributed by atoms with E-state index in [1.807, 2.05) is 20.8 Å². The zero-order chi connectivity index (χ0) is 11.0. The Bertz CT molecular complexity index is 156. The molecule has 3 heteroatoms. The minimum atomic E-state index is -0.470. The molecule has 0 spiro atoms. The maximum absolute atomic E-state index is 11.0. The van der Waals surface area contributed by atoms with E-state index in [9.17, 15) is 4.79 Å². The van der Waals surface area contributed by atoms with Crippen LogP contribution in [0.4, 0.5) is 0 Å². The first-order chi connectivity index (χ1) is 6.72. The topological polar surface area (TPSA) is 35.5 Å². The fraction of sp³-hybridized carbons (Fsp3) is 0.909. The first kappa shape index (κ1) is 13.6. The maximum Gasteiger partial charge on any atom is 0.168 e. The predicted molar refractivity (Wildman–Crippen MR) is 56.2 cm³/mol. The van der Waals surface area contributed by atoms with Crippen LogP contribution in [-0.4, -0.2) is 25.3 Å². The Morgan fingerprint density at radius 1 is 1.29 bits per heavy atom. The van der Waals surface area contributed by atoms with Crippen LogP contribution in [-0.2, 0) is 14.3 Å². The molecular weight excluding hydrogens is 180 g/mol. The molecule has 14 heavy (non-hydrogen) atoms. The van der Waals surface area contributed by atoms with Gasteiger partial charge in [0.25, 0.3) is 0 Å². The van der Waals surface area contributed by atoms with Crippen LogP contribution < -0.4 is 0 Å². The van der Waals surface area contributed by atoms with Crippen LogP contribution in [0.3, 0.4) is 0 Å². The molecule has 1 aliphatic rings. The molecule has 0 saturated heterocycles. The van der Waals surface area contributed by atoms with E-state index in [1.165, 1.54) is 0 Å². The van der Waals surface area contributed by atoms with E-state index in [2.05, 4.69) is 0 Å². The Balaban J connectivity index is 0.000000791. The highest BCUT2D eigenvalue weighted by Crippen LogP contribution is 2.30. The van der Waals surface area contributed by atoms with Crippen molar-refractivity contribution in [3.63, 3.8) is 0 Å². The monoisotopic (exact) mass is 202 g/mol. The van der Waals surface area contributed by atoms with Gasteiger partial charge in [-0.3, -0.25) is 4.79 Å². The number of rotatable bonds is 3. The first-order valence-corrected chi connectivity index (χ1v) is 5.43. The summed E-state index contributed by atoms with van der Waals surface area (Å²) in [5.41, 5.74) is 0. The number of ether oxygens (including phenoxy) is 2. The Morgan fingerprint density at radius 2 is 1.79 bits per heavy atom. The molecular formula is C11H22O3. The Hall–Kier alpha value is -0.410. The van der Waals surface area contributed by atoms with Gasteiger partial charge in [0.1, 0.15) is 5.78 Å². The molecule has 84 valence electrons. The smallest absolute Gasteiger partial charge is 0.168 e. The van der Waals surface area contributed by atoms with Gasteiger partial charge < -0.3 is 9.47 Å². The number of ketones is 1. The number of methoxy groups -OCH3 is 1. The molecule has 1 aliphatic carbocycles. The molecule has 0 atom stereocenters. The number of hydrogen-bond donors (Lipinski definition) is 0. The van der Waals surface area contributed by atoms with Gasteiger partial charge in [-0.25, -0.2) is 0 Å². The molecule has 0 unspecified atom stereocenters. The summed E-state index contributed by atoms with van der Waals surface area (Å²) in [5, 5.41) is 0. The lowest BCUT2D eigenvalue weighted by Gasteiger charge is -2.34. The number of carbonyl (C=O) groups is 1. The van der Waals surface area contributed by atoms with Crippen LogP contribution in [0.25, 0.3) is 0 Å². The summed E-state index contributed by atoms with van der Waals surface area (Å²) < 4.78 is 10.8. The van der Waals surface area contributed by atoms with Gasteiger partial charge in [-0.2, -0.15) is 0 Å². The molecule has 1 rings (SSSR count). The van der Waals surface area contributed by atoms with E-state index in [1.54, 1.807) is 7.11 Å². The van der Waals surface area contributed by atoms with Gasteiger partial charge in [0.2, 0.25) is 0 Å². The lowest BCUT2D eigenvalue weighted by Crippen LogP contribution is -2.39. The zero-order valence-corrected chi connectivity index (χ0v) is 9.76. The van der Waals surface area contributed by atoms with E-state index in [-0.39, 0.29) is 0 Å². The summed E-state index contributed by atoms with van der Waals surface area (Å²) in [5.74, 6) is -0.148. The SMILES string of the molecule is CC.CCOC1(OC)CCC(=O)CC1. The van der Waals surface area contributed by atoms with E-state index in [0.29, 0.717) is 38.1 Å². The molecule has 0 amide bonds. The van der Waals surface area contributed by atoms with Crippen molar-refractivity contribution in [1.29, 1.82) is 0 Å². The molecule has 0 N–H and O–H groups in total. The van der Waals surface area contributed by atoms with Crippen LogP contribution in [0.2, 0.25) is 0 Å². The highest BCUT2D eigenvalue weighted by Gasteiger charge is 2.34. The lowest BCUT2D eigenvalue weighted by molar-refractivity contribution is -0.234. The number of hydrogen-bond acceptors (Lipinski definition) is 3. The van der Waals surface area contributed by atoms with E-state index in [4.69, 9.17) is 9.47 Å². The Kier molecular flexibility index (Phi) is 6.75. The molecule has 0 aromatic rings. The minimum absolute atomic E-state index is 0.322. The van der Waals surface area contributed by atoms with Crippen LogP contribution in [0.5, 0.6) is 0 Å². The van der Waals surface area contributed by atoms with Crippen LogP contribution in [0, 0.1) is 0 Å². The molecule has 1 saturated carbocycles. The summed E-state index contributed by atoms with van der Waals surface area (Å²) in [6, 6.07) is 0. The molecule has 0 aliphatic heterocycles. The minimum Gasteiger partial charge on any atom is -0.353 e. The molecule has 0 heterocycles. The van der Waals surface area contributed by atoms with Crippen molar-refractivity contribution in [3.05, 3.63) is 0 Å². The van der Waals surface area contributed by atoms with Crippen molar-refractivity contribution >= 4 is 5.78 Å². The second kappa shape index (κ2) is 6.96. The average molecular weight is 202 g/mol. The maximum atomic E-state index is 11.0. The van der Waals surface area contributed by atoms with Crippen LogP contribution in [0.1, 0.15) is 46.5 Å². The predicted octanol–water partition coefficient (Wildman–Crippen LogP) is 2.53. The summed E-state index contributed by atoms with van der Waals surface area (Å²) in [6.07, 6.45) is 2.59. The fourth-order valence-corrected chi connectivity index (χ4v) is 1.58.